The van der Waals surface area contributed by atoms with Gasteiger partial charge in [0.1, 0.15) is 0 Å². The molecule has 8 aromatic rings. The molecule has 0 radical (unpaired) electrons. The second kappa shape index (κ2) is 54.0. The van der Waals surface area contributed by atoms with Gasteiger partial charge in [-0.25, -0.2) is 0 Å². The normalized spacial score (nSPS) is 11.8. The first-order chi connectivity index (χ1) is 55.7. The molecule has 0 unspecified atom stereocenters. The zero-order valence-corrected chi connectivity index (χ0v) is 70.8. The number of unbranched alkanes of at least 4 members (excludes halogenated alkanes) is 24. The van der Waals surface area contributed by atoms with E-state index in [1.54, 1.807) is 0 Å². The Morgan fingerprint density at radius 1 is 0.168 bits per heavy atom. The monoisotopic (exact) mass is 1530 g/mol. The molecule has 0 atom stereocenters. The van der Waals surface area contributed by atoms with E-state index in [0.29, 0.717) is 52.9 Å². The second-order valence-corrected chi connectivity index (χ2v) is 30.7. The summed E-state index contributed by atoms with van der Waals surface area (Å²) >= 11 is 0. The topological polar surface area (TPSA) is 73.8 Å². The summed E-state index contributed by atoms with van der Waals surface area (Å²) in [5, 5.41) is 0. The largest absolute Gasteiger partial charge is 0.490 e. The van der Waals surface area contributed by atoms with Gasteiger partial charge in [-0.3, -0.25) is 0 Å². The first kappa shape index (κ1) is 89.7. The minimum Gasteiger partial charge on any atom is -0.490 e. The van der Waals surface area contributed by atoms with Crippen LogP contribution < -0.4 is 37.9 Å². The van der Waals surface area contributed by atoms with Crippen LogP contribution in [0, 0.1) is 0 Å². The Balaban J connectivity index is 1.21. The van der Waals surface area contributed by atoms with E-state index in [9.17, 15) is 0 Å². The van der Waals surface area contributed by atoms with Crippen molar-refractivity contribution in [2.45, 2.75) is 266 Å². The van der Waals surface area contributed by atoms with E-state index in [1.165, 1.54) is 103 Å². The third-order valence-electron chi connectivity index (χ3n) is 21.2. The van der Waals surface area contributed by atoms with Gasteiger partial charge in [-0.1, -0.05) is 379 Å². The first-order valence-corrected chi connectivity index (χ1v) is 44.5. The molecule has 0 N–H and O–H groups in total. The van der Waals surface area contributed by atoms with Crippen molar-refractivity contribution in [2.75, 3.05) is 52.9 Å². The van der Waals surface area contributed by atoms with E-state index in [1.807, 2.05) is 0 Å². The SMILES string of the molecule is CCCCCCOc1ccc(/C=C/c2ccc(C(c3ccc(/C=C/c4ccc(OCCCCCC)c(OCCCCCC)c4)cc3)(c3ccc(/C=C/c4ccc(OCCCCCC)c(OCCCCCC)c4)cc3)c3ccc(/C=C/c4ccc(OCCCCCC)c(OCCCCCC)c4)cc3)cc2)cc1OCCCCCC. The Morgan fingerprint density at radius 3 is 0.487 bits per heavy atom. The van der Waals surface area contributed by atoms with Gasteiger partial charge in [0.05, 0.1) is 58.3 Å². The zero-order chi connectivity index (χ0) is 79.4. The van der Waals surface area contributed by atoms with Crippen LogP contribution in [-0.2, 0) is 5.41 Å². The van der Waals surface area contributed by atoms with Crippen molar-refractivity contribution < 1.29 is 37.9 Å². The molecule has 0 amide bonds. The summed E-state index contributed by atoms with van der Waals surface area (Å²) < 4.78 is 51.6. The summed E-state index contributed by atoms with van der Waals surface area (Å²) in [6.45, 7) is 23.4. The predicted molar refractivity (Wildman–Crippen MR) is 483 cm³/mol. The van der Waals surface area contributed by atoms with Crippen molar-refractivity contribution in [3.05, 3.63) is 237 Å². The molecule has 0 aliphatic carbocycles. The predicted octanol–water partition coefficient (Wildman–Crippen LogP) is 30.4. The minimum atomic E-state index is -0.786. The van der Waals surface area contributed by atoms with Gasteiger partial charge >= 0.3 is 0 Å². The zero-order valence-electron chi connectivity index (χ0n) is 70.8. The molecule has 0 aromatic heterocycles. The molecule has 113 heavy (non-hydrogen) atoms. The smallest absolute Gasteiger partial charge is 0.161 e. The summed E-state index contributed by atoms with van der Waals surface area (Å²) in [6.07, 6.45) is 54.3. The van der Waals surface area contributed by atoms with Crippen LogP contribution in [0.2, 0.25) is 0 Å². The summed E-state index contributed by atoms with van der Waals surface area (Å²) in [5.74, 6) is 6.50. The average Bonchev–Trinajstić information content (AvgIpc) is 0.731. The molecular formula is C105H140O8. The second-order valence-electron chi connectivity index (χ2n) is 30.7. The van der Waals surface area contributed by atoms with Gasteiger partial charge in [-0.05, 0) is 167 Å². The third-order valence-corrected chi connectivity index (χ3v) is 21.2. The minimum absolute atomic E-state index is 0.667. The van der Waals surface area contributed by atoms with Crippen LogP contribution in [-0.4, -0.2) is 52.9 Å². The van der Waals surface area contributed by atoms with Crippen molar-refractivity contribution in [3.63, 3.8) is 0 Å². The Labute approximate surface area is 684 Å². The Hall–Kier alpha value is -8.88. The van der Waals surface area contributed by atoms with Crippen LogP contribution in [0.15, 0.2) is 170 Å². The Kier molecular flexibility index (Phi) is 42.8. The third kappa shape index (κ3) is 31.4. The molecule has 8 rings (SSSR count). The van der Waals surface area contributed by atoms with Crippen LogP contribution in [0.1, 0.15) is 328 Å². The van der Waals surface area contributed by atoms with Crippen molar-refractivity contribution in [1.82, 2.24) is 0 Å². The van der Waals surface area contributed by atoms with Gasteiger partial charge in [0.2, 0.25) is 0 Å². The lowest BCUT2D eigenvalue weighted by Gasteiger charge is -2.37. The average molecular weight is 1530 g/mol. The molecule has 8 heteroatoms. The van der Waals surface area contributed by atoms with Crippen molar-refractivity contribution in [1.29, 1.82) is 0 Å². The highest BCUT2D eigenvalue weighted by Crippen LogP contribution is 2.46. The molecule has 0 aliphatic heterocycles. The van der Waals surface area contributed by atoms with Crippen LogP contribution in [0.4, 0.5) is 0 Å². The molecule has 0 bridgehead atoms. The maximum absolute atomic E-state index is 6.51. The number of benzene rings is 8. The highest BCUT2D eigenvalue weighted by molar-refractivity contribution is 5.76. The highest BCUT2D eigenvalue weighted by atomic mass is 16.5. The molecule has 8 aromatic carbocycles. The molecule has 608 valence electrons. The molecule has 0 saturated carbocycles. The van der Waals surface area contributed by atoms with Gasteiger partial charge in [-0.15, -0.1) is 0 Å². The maximum atomic E-state index is 6.51. The number of hydrogen-bond donors (Lipinski definition) is 0. The van der Waals surface area contributed by atoms with Crippen molar-refractivity contribution >= 4 is 48.6 Å². The van der Waals surface area contributed by atoms with E-state index in [0.717, 1.165) is 215 Å². The number of hydrogen-bond acceptors (Lipinski definition) is 8. The molecule has 0 heterocycles. The lowest BCUT2D eigenvalue weighted by Crippen LogP contribution is -2.31. The number of rotatable bonds is 60. The quantitative estimate of drug-likeness (QED) is 0.0212. The van der Waals surface area contributed by atoms with Gasteiger partial charge in [-0.2, -0.15) is 0 Å². The summed E-state index contributed by atoms with van der Waals surface area (Å²) in [6, 6.07) is 62.4. The fraction of sp³-hybridized carbons (Fsp3) is 0.467. The Bertz CT molecular complexity index is 3470. The van der Waals surface area contributed by atoms with E-state index >= 15 is 0 Å². The summed E-state index contributed by atoms with van der Waals surface area (Å²) in [4.78, 5) is 0. The fourth-order valence-corrected chi connectivity index (χ4v) is 14.3. The maximum Gasteiger partial charge on any atom is 0.161 e. The van der Waals surface area contributed by atoms with Gasteiger partial charge in [0.15, 0.2) is 46.0 Å². The van der Waals surface area contributed by atoms with E-state index in [-0.39, 0.29) is 0 Å². The van der Waals surface area contributed by atoms with Gasteiger partial charge in [0, 0.05) is 0 Å². The van der Waals surface area contributed by atoms with Gasteiger partial charge in [0.25, 0.3) is 0 Å². The van der Waals surface area contributed by atoms with Crippen molar-refractivity contribution in [2.24, 2.45) is 0 Å². The lowest BCUT2D eigenvalue weighted by molar-refractivity contribution is 0.259. The van der Waals surface area contributed by atoms with E-state index in [2.05, 4.69) is 274 Å². The summed E-state index contributed by atoms with van der Waals surface area (Å²) in [5.41, 5.74) is 12.4. The molecule has 0 saturated heterocycles. The molecule has 0 spiro atoms. The fourth-order valence-electron chi connectivity index (χ4n) is 14.3. The van der Waals surface area contributed by atoms with Crippen LogP contribution in [0.5, 0.6) is 46.0 Å². The van der Waals surface area contributed by atoms with Crippen LogP contribution in [0.3, 0.4) is 0 Å². The number of ether oxygens (including phenoxy) is 8. The molecule has 0 aliphatic rings. The van der Waals surface area contributed by atoms with Crippen molar-refractivity contribution in [3.8, 4) is 46.0 Å². The summed E-state index contributed by atoms with van der Waals surface area (Å²) in [7, 11) is 0. The molecular weight excluding hydrogens is 1390 g/mol. The standard InChI is InChI=1S/C105H140O8/c1-9-17-25-33-73-106-97-69-57-89(81-101(97)110-77-37-29-21-13-5)45-41-85-49-61-93(62-50-85)105(94-63-51-86(52-64-94)42-46-90-58-70-98(107-74-34-26-18-10-2)102(82-90)111-78-38-30-22-14-6,95-65-53-87(54-66-95)43-47-91-59-71-99(108-75-35-27-19-11-3)103(83-91)112-79-39-31-23-15-7)96-67-55-88(56-68-96)44-48-92-60-72-100(109-76-36-28-20-12-4)104(84-92)113-80-40-32-24-16-8/h41-72,81-84H,9-40,73-80H2,1-8H3/b45-41+,46-42+,47-43+,48-44+. The Morgan fingerprint density at radius 2 is 0.319 bits per heavy atom. The van der Waals surface area contributed by atoms with E-state index in [4.69, 9.17) is 37.9 Å². The van der Waals surface area contributed by atoms with Gasteiger partial charge < -0.3 is 37.9 Å². The van der Waals surface area contributed by atoms with Crippen LogP contribution >= 0.6 is 0 Å². The first-order valence-electron chi connectivity index (χ1n) is 44.5. The molecule has 8 nitrogen and oxygen atoms in total. The van der Waals surface area contributed by atoms with Crippen LogP contribution in [0.25, 0.3) is 48.6 Å². The van der Waals surface area contributed by atoms with E-state index < -0.39 is 5.41 Å². The molecule has 0 fully saturated rings. The highest BCUT2D eigenvalue weighted by Gasteiger charge is 2.38. The lowest BCUT2D eigenvalue weighted by atomic mass is 9.64.